The molecule has 0 spiro atoms. The van der Waals surface area contributed by atoms with E-state index in [1.165, 1.54) is 7.11 Å². The van der Waals surface area contributed by atoms with Gasteiger partial charge in [-0.3, -0.25) is 0 Å². The van der Waals surface area contributed by atoms with Gasteiger partial charge in [0.1, 0.15) is 5.60 Å². The van der Waals surface area contributed by atoms with Crippen molar-refractivity contribution < 1.29 is 19.1 Å². The third kappa shape index (κ3) is 2.37. The van der Waals surface area contributed by atoms with Crippen molar-refractivity contribution in [2.45, 2.75) is 18.9 Å². The van der Waals surface area contributed by atoms with Crippen molar-refractivity contribution in [2.75, 3.05) is 7.11 Å². The molecule has 4 heteroatoms. The summed E-state index contributed by atoms with van der Waals surface area (Å²) in [6.07, 6.45) is 0.604. The third-order valence-corrected chi connectivity index (χ3v) is 4.00. The Labute approximate surface area is 128 Å². The molecule has 0 aromatic heterocycles. The molecule has 0 radical (unpaired) electrons. The number of esters is 2. The lowest BCUT2D eigenvalue weighted by Gasteiger charge is -2.34. The highest BCUT2D eigenvalue weighted by Crippen LogP contribution is 2.36. The number of carbonyl (C=O) groups excluding carboxylic acids is 2. The Morgan fingerprint density at radius 2 is 1.82 bits per heavy atom. The summed E-state index contributed by atoms with van der Waals surface area (Å²) < 4.78 is 10.3. The second-order valence-electron chi connectivity index (χ2n) is 5.52. The van der Waals surface area contributed by atoms with Gasteiger partial charge in [0.2, 0.25) is 0 Å². The molecule has 0 amide bonds. The van der Waals surface area contributed by atoms with Gasteiger partial charge in [0.25, 0.3) is 0 Å². The van der Waals surface area contributed by atoms with Gasteiger partial charge in [-0.2, -0.15) is 0 Å². The lowest BCUT2D eigenvalue weighted by atomic mass is 9.84. The van der Waals surface area contributed by atoms with Crippen LogP contribution in [0.15, 0.2) is 48.5 Å². The molecule has 22 heavy (non-hydrogen) atoms. The normalized spacial score (nSPS) is 20.0. The van der Waals surface area contributed by atoms with E-state index in [2.05, 4.69) is 4.74 Å². The van der Waals surface area contributed by atoms with Gasteiger partial charge in [-0.25, -0.2) is 9.59 Å². The van der Waals surface area contributed by atoms with Crippen molar-refractivity contribution in [3.05, 3.63) is 70.8 Å². The lowest BCUT2D eigenvalue weighted by Crippen LogP contribution is -2.36. The van der Waals surface area contributed by atoms with Gasteiger partial charge in [-0.05, 0) is 36.2 Å². The molecular formula is C18H16O4. The Morgan fingerprint density at radius 3 is 2.50 bits per heavy atom. The van der Waals surface area contributed by atoms with Crippen molar-refractivity contribution in [3.63, 3.8) is 0 Å². The second kappa shape index (κ2) is 5.30. The first-order valence-corrected chi connectivity index (χ1v) is 7.03. The zero-order chi connectivity index (χ0) is 15.7. The summed E-state index contributed by atoms with van der Waals surface area (Å²) >= 11 is 0. The number of hydrogen-bond donors (Lipinski definition) is 0. The van der Waals surface area contributed by atoms with Crippen LogP contribution in [-0.4, -0.2) is 19.0 Å². The Hall–Kier alpha value is -2.62. The van der Waals surface area contributed by atoms with Crippen molar-refractivity contribution in [1.82, 2.24) is 0 Å². The number of hydrogen-bond acceptors (Lipinski definition) is 4. The largest absolute Gasteiger partial charge is 0.465 e. The first-order valence-electron chi connectivity index (χ1n) is 7.03. The Bertz CT molecular complexity index is 733. The fraction of sp³-hybridized carbons (Fsp3) is 0.222. The van der Waals surface area contributed by atoms with Crippen LogP contribution in [0.4, 0.5) is 0 Å². The summed E-state index contributed by atoms with van der Waals surface area (Å²) in [6.45, 7) is 1.88. The van der Waals surface area contributed by atoms with E-state index >= 15 is 0 Å². The second-order valence-corrected chi connectivity index (χ2v) is 5.52. The highest BCUT2D eigenvalue weighted by molar-refractivity contribution is 5.92. The van der Waals surface area contributed by atoms with Gasteiger partial charge >= 0.3 is 11.9 Å². The van der Waals surface area contributed by atoms with Crippen molar-refractivity contribution in [2.24, 2.45) is 0 Å². The monoisotopic (exact) mass is 296 g/mol. The zero-order valence-electron chi connectivity index (χ0n) is 12.5. The lowest BCUT2D eigenvalue weighted by molar-refractivity contribution is -0.0182. The standard InChI is InChI=1S/C18H16O4/c1-18(14-9-7-12(8-10-14)16(19)21-2)11-13-5-3-4-6-15(13)17(20)22-18/h3-10H,11H2,1-2H3. The highest BCUT2D eigenvalue weighted by atomic mass is 16.6. The van der Waals surface area contributed by atoms with Gasteiger partial charge in [0.05, 0.1) is 18.2 Å². The molecule has 2 aromatic carbocycles. The van der Waals surface area contributed by atoms with Crippen LogP contribution in [0.5, 0.6) is 0 Å². The Balaban J connectivity index is 1.95. The van der Waals surface area contributed by atoms with Gasteiger partial charge in [-0.15, -0.1) is 0 Å². The molecule has 2 aromatic rings. The van der Waals surface area contributed by atoms with Gasteiger partial charge in [0.15, 0.2) is 0 Å². The van der Waals surface area contributed by atoms with Crippen LogP contribution in [0, 0.1) is 0 Å². The molecule has 4 nitrogen and oxygen atoms in total. The molecule has 1 aliphatic rings. The maximum Gasteiger partial charge on any atom is 0.339 e. The van der Waals surface area contributed by atoms with Crippen molar-refractivity contribution in [1.29, 1.82) is 0 Å². The van der Waals surface area contributed by atoms with E-state index in [9.17, 15) is 9.59 Å². The molecular weight excluding hydrogens is 280 g/mol. The smallest absolute Gasteiger partial charge is 0.339 e. The summed E-state index contributed by atoms with van der Waals surface area (Å²) in [6, 6.07) is 14.4. The first-order chi connectivity index (χ1) is 10.5. The summed E-state index contributed by atoms with van der Waals surface area (Å²) in [5, 5.41) is 0. The maximum absolute atomic E-state index is 12.2. The molecule has 1 atom stereocenters. The molecule has 1 heterocycles. The van der Waals surface area contributed by atoms with E-state index in [0.717, 1.165) is 11.1 Å². The summed E-state index contributed by atoms with van der Waals surface area (Å²) in [5.74, 6) is -0.705. The fourth-order valence-electron chi connectivity index (χ4n) is 2.77. The SMILES string of the molecule is COC(=O)c1ccc(C2(C)Cc3ccccc3C(=O)O2)cc1. The molecule has 0 N–H and O–H groups in total. The number of carbonyl (C=O) groups is 2. The third-order valence-electron chi connectivity index (χ3n) is 4.00. The van der Waals surface area contributed by atoms with E-state index in [1.807, 2.05) is 25.1 Å². The maximum atomic E-state index is 12.2. The summed E-state index contributed by atoms with van der Waals surface area (Å²) in [4.78, 5) is 23.7. The quantitative estimate of drug-likeness (QED) is 0.799. The van der Waals surface area contributed by atoms with Crippen LogP contribution >= 0.6 is 0 Å². The van der Waals surface area contributed by atoms with E-state index < -0.39 is 5.60 Å². The van der Waals surface area contributed by atoms with Crippen LogP contribution in [-0.2, 0) is 21.5 Å². The van der Waals surface area contributed by atoms with Crippen LogP contribution in [0.1, 0.15) is 38.8 Å². The Morgan fingerprint density at radius 1 is 1.14 bits per heavy atom. The van der Waals surface area contributed by atoms with Crippen molar-refractivity contribution >= 4 is 11.9 Å². The zero-order valence-corrected chi connectivity index (χ0v) is 12.5. The minimum absolute atomic E-state index is 0.318. The van der Waals surface area contributed by atoms with Crippen LogP contribution < -0.4 is 0 Å². The predicted molar refractivity (Wildman–Crippen MR) is 80.7 cm³/mol. The molecule has 0 saturated heterocycles. The fourth-order valence-corrected chi connectivity index (χ4v) is 2.77. The van der Waals surface area contributed by atoms with Crippen LogP contribution in [0.3, 0.4) is 0 Å². The number of methoxy groups -OCH3 is 1. The molecule has 3 rings (SSSR count). The summed E-state index contributed by atoms with van der Waals surface area (Å²) in [7, 11) is 1.34. The van der Waals surface area contributed by atoms with E-state index in [4.69, 9.17) is 4.74 Å². The van der Waals surface area contributed by atoms with E-state index in [-0.39, 0.29) is 11.9 Å². The minimum atomic E-state index is -0.736. The van der Waals surface area contributed by atoms with Crippen molar-refractivity contribution in [3.8, 4) is 0 Å². The highest BCUT2D eigenvalue weighted by Gasteiger charge is 2.37. The average molecular weight is 296 g/mol. The molecule has 0 fully saturated rings. The number of ether oxygens (including phenoxy) is 2. The average Bonchev–Trinajstić information content (AvgIpc) is 2.54. The molecule has 0 saturated carbocycles. The molecule has 0 aliphatic carbocycles. The topological polar surface area (TPSA) is 52.6 Å². The number of cyclic esters (lactones) is 1. The predicted octanol–water partition coefficient (Wildman–Crippen LogP) is 3.10. The molecule has 112 valence electrons. The van der Waals surface area contributed by atoms with Gasteiger partial charge < -0.3 is 9.47 Å². The Kier molecular flexibility index (Phi) is 3.45. The van der Waals surface area contributed by atoms with Gasteiger partial charge in [0, 0.05) is 6.42 Å². The number of benzene rings is 2. The molecule has 1 unspecified atom stereocenters. The summed E-state index contributed by atoms with van der Waals surface area (Å²) in [5.41, 5.74) is 2.17. The first kappa shape index (κ1) is 14.3. The van der Waals surface area contributed by atoms with Crippen LogP contribution in [0.25, 0.3) is 0 Å². The van der Waals surface area contributed by atoms with Crippen LogP contribution in [0.2, 0.25) is 0 Å². The van der Waals surface area contributed by atoms with E-state index in [1.54, 1.807) is 30.3 Å². The number of rotatable bonds is 2. The minimum Gasteiger partial charge on any atom is -0.465 e. The number of fused-ring (bicyclic) bond motifs is 1. The van der Waals surface area contributed by atoms with Gasteiger partial charge in [-0.1, -0.05) is 30.3 Å². The molecule has 1 aliphatic heterocycles. The molecule has 0 bridgehead atoms. The van der Waals surface area contributed by atoms with E-state index in [0.29, 0.717) is 17.5 Å².